The zero-order valence-electron chi connectivity index (χ0n) is 16.0. The third-order valence-corrected chi connectivity index (χ3v) is 5.67. The highest BCUT2D eigenvalue weighted by Gasteiger charge is 2.25. The number of nitrogens with zero attached hydrogens (tertiary/aromatic N) is 1. The van der Waals surface area contributed by atoms with E-state index in [0.717, 1.165) is 22.5 Å². The van der Waals surface area contributed by atoms with Crippen molar-refractivity contribution in [2.45, 2.75) is 32.1 Å². The Hall–Kier alpha value is -2.53. The fourth-order valence-corrected chi connectivity index (χ4v) is 3.67. The van der Waals surface area contributed by atoms with Crippen LogP contribution in [-0.2, 0) is 19.6 Å². The first kappa shape index (κ1) is 23.5. The Morgan fingerprint density at radius 2 is 1.79 bits per heavy atom. The van der Waals surface area contributed by atoms with Crippen molar-refractivity contribution < 1.29 is 31.9 Å². The van der Waals surface area contributed by atoms with Gasteiger partial charge in [0.05, 0.1) is 10.5 Å². The maximum absolute atomic E-state index is 14.0. The molecule has 0 saturated carbocycles. The van der Waals surface area contributed by atoms with Crippen LogP contribution in [0.15, 0.2) is 23.1 Å². The van der Waals surface area contributed by atoms with E-state index >= 15 is 0 Å². The number of hydrogen-bond donors (Lipinski definition) is 2. The third-order valence-electron chi connectivity index (χ3n) is 3.62. The summed E-state index contributed by atoms with van der Waals surface area (Å²) in [5, 5.41) is 4.33. The molecule has 1 rings (SSSR count). The van der Waals surface area contributed by atoms with Crippen molar-refractivity contribution in [2.75, 3.05) is 26.2 Å². The molecular weight excluding hydrogens is 393 g/mol. The molecule has 0 aliphatic heterocycles. The van der Waals surface area contributed by atoms with E-state index in [2.05, 4.69) is 10.1 Å². The zero-order chi connectivity index (χ0) is 21.3. The number of imide groups is 1. The standard InChI is InChI=1S/C17H24FN3O6S/c1-4-9-19-17(24)20-15(22)11-27-16(23)13-10-12(7-8-14(13)18)28(25,26)21(5-2)6-3/h7-8,10H,4-6,9,11H2,1-3H3,(H2,19,20,22,24). The Kier molecular flexibility index (Phi) is 9.00. The summed E-state index contributed by atoms with van der Waals surface area (Å²) in [4.78, 5) is 34.7. The van der Waals surface area contributed by atoms with E-state index in [0.29, 0.717) is 13.0 Å². The second-order valence-electron chi connectivity index (χ2n) is 5.61. The number of benzene rings is 1. The summed E-state index contributed by atoms with van der Waals surface area (Å²) < 4.78 is 44.8. The lowest BCUT2D eigenvalue weighted by Gasteiger charge is -2.18. The molecule has 0 fully saturated rings. The molecule has 0 aliphatic carbocycles. The molecule has 11 heteroatoms. The van der Waals surface area contributed by atoms with Crippen LogP contribution < -0.4 is 10.6 Å². The van der Waals surface area contributed by atoms with Crippen molar-refractivity contribution in [3.63, 3.8) is 0 Å². The van der Waals surface area contributed by atoms with Crippen molar-refractivity contribution in [3.05, 3.63) is 29.6 Å². The number of amides is 3. The summed E-state index contributed by atoms with van der Waals surface area (Å²) in [6, 6.07) is 1.99. The lowest BCUT2D eigenvalue weighted by Crippen LogP contribution is -2.41. The van der Waals surface area contributed by atoms with Crippen molar-refractivity contribution in [2.24, 2.45) is 0 Å². The minimum atomic E-state index is -3.90. The molecule has 0 heterocycles. The smallest absolute Gasteiger partial charge is 0.341 e. The number of urea groups is 1. The highest BCUT2D eigenvalue weighted by molar-refractivity contribution is 7.89. The molecule has 9 nitrogen and oxygen atoms in total. The Bertz CT molecular complexity index is 824. The van der Waals surface area contributed by atoms with Gasteiger partial charge < -0.3 is 10.1 Å². The van der Waals surface area contributed by atoms with Crippen LogP contribution in [0, 0.1) is 5.82 Å². The van der Waals surface area contributed by atoms with Crippen molar-refractivity contribution in [1.82, 2.24) is 14.9 Å². The molecule has 0 aromatic heterocycles. The first-order chi connectivity index (χ1) is 13.2. The van der Waals surface area contributed by atoms with E-state index < -0.39 is 45.9 Å². The van der Waals surface area contributed by atoms with Gasteiger partial charge in [-0.2, -0.15) is 4.31 Å². The van der Waals surface area contributed by atoms with Crippen LogP contribution >= 0.6 is 0 Å². The molecule has 2 N–H and O–H groups in total. The molecule has 0 aliphatic rings. The van der Waals surface area contributed by atoms with Crippen molar-refractivity contribution in [3.8, 4) is 0 Å². The van der Waals surface area contributed by atoms with Gasteiger partial charge in [0.15, 0.2) is 6.61 Å². The highest BCUT2D eigenvalue weighted by Crippen LogP contribution is 2.19. The summed E-state index contributed by atoms with van der Waals surface area (Å²) in [5.41, 5.74) is -0.628. The zero-order valence-corrected chi connectivity index (χ0v) is 16.8. The van der Waals surface area contributed by atoms with Gasteiger partial charge in [-0.05, 0) is 24.6 Å². The van der Waals surface area contributed by atoms with E-state index in [9.17, 15) is 27.2 Å². The number of esters is 1. The predicted molar refractivity (Wildman–Crippen MR) is 98.6 cm³/mol. The maximum Gasteiger partial charge on any atom is 0.341 e. The SMILES string of the molecule is CCCNC(=O)NC(=O)COC(=O)c1cc(S(=O)(=O)N(CC)CC)ccc1F. The summed E-state index contributed by atoms with van der Waals surface area (Å²) in [7, 11) is -3.90. The Labute approximate surface area is 163 Å². The van der Waals surface area contributed by atoms with Gasteiger partial charge in [0.2, 0.25) is 10.0 Å². The summed E-state index contributed by atoms with van der Waals surface area (Å²) in [5.74, 6) is -3.13. The fraction of sp³-hybridized carbons (Fsp3) is 0.471. The second kappa shape index (κ2) is 10.7. The van der Waals surface area contributed by atoms with Gasteiger partial charge in [-0.15, -0.1) is 0 Å². The van der Waals surface area contributed by atoms with Crippen LogP contribution in [0.1, 0.15) is 37.6 Å². The largest absolute Gasteiger partial charge is 0.452 e. The van der Waals surface area contributed by atoms with Crippen LogP contribution in [0.2, 0.25) is 0 Å². The average Bonchev–Trinajstić information content (AvgIpc) is 2.65. The monoisotopic (exact) mass is 417 g/mol. The van der Waals surface area contributed by atoms with E-state index in [1.165, 1.54) is 0 Å². The van der Waals surface area contributed by atoms with Gasteiger partial charge >= 0.3 is 12.0 Å². The number of carbonyl (C=O) groups is 3. The average molecular weight is 417 g/mol. The number of ether oxygens (including phenoxy) is 1. The van der Waals surface area contributed by atoms with E-state index in [1.54, 1.807) is 13.8 Å². The number of hydrogen-bond acceptors (Lipinski definition) is 6. The van der Waals surface area contributed by atoms with Crippen LogP contribution in [0.3, 0.4) is 0 Å². The highest BCUT2D eigenvalue weighted by atomic mass is 32.2. The van der Waals surface area contributed by atoms with Gasteiger partial charge in [0.25, 0.3) is 5.91 Å². The molecule has 0 unspecified atom stereocenters. The maximum atomic E-state index is 14.0. The van der Waals surface area contributed by atoms with Gasteiger partial charge in [0, 0.05) is 19.6 Å². The van der Waals surface area contributed by atoms with Crippen LogP contribution in [0.5, 0.6) is 0 Å². The lowest BCUT2D eigenvalue weighted by atomic mass is 10.2. The van der Waals surface area contributed by atoms with E-state index in [-0.39, 0.29) is 18.0 Å². The molecule has 0 saturated heterocycles. The first-order valence-corrected chi connectivity index (χ1v) is 10.2. The molecule has 0 spiro atoms. The molecule has 0 bridgehead atoms. The van der Waals surface area contributed by atoms with Crippen molar-refractivity contribution >= 4 is 27.9 Å². The second-order valence-corrected chi connectivity index (χ2v) is 7.55. The normalized spacial score (nSPS) is 11.2. The number of carbonyl (C=O) groups excluding carboxylic acids is 3. The van der Waals surface area contributed by atoms with Gasteiger partial charge in [0.1, 0.15) is 5.82 Å². The predicted octanol–water partition coefficient (Wildman–Crippen LogP) is 1.25. The topological polar surface area (TPSA) is 122 Å². The fourth-order valence-electron chi connectivity index (χ4n) is 2.19. The van der Waals surface area contributed by atoms with Crippen LogP contribution in [-0.4, -0.2) is 56.9 Å². The molecule has 156 valence electrons. The summed E-state index contributed by atoms with van der Waals surface area (Å²) in [6.07, 6.45) is 0.669. The Morgan fingerprint density at radius 3 is 2.36 bits per heavy atom. The van der Waals surface area contributed by atoms with Crippen LogP contribution in [0.4, 0.5) is 9.18 Å². The van der Waals surface area contributed by atoms with Crippen LogP contribution in [0.25, 0.3) is 0 Å². The molecule has 1 aromatic carbocycles. The van der Waals surface area contributed by atoms with E-state index in [4.69, 9.17) is 0 Å². The molecule has 3 amide bonds. The minimum absolute atomic E-state index is 0.205. The Balaban J connectivity index is 2.86. The van der Waals surface area contributed by atoms with E-state index in [1.807, 2.05) is 12.2 Å². The van der Waals surface area contributed by atoms with Crippen molar-refractivity contribution in [1.29, 1.82) is 0 Å². The first-order valence-electron chi connectivity index (χ1n) is 8.71. The van der Waals surface area contributed by atoms with Gasteiger partial charge in [-0.3, -0.25) is 10.1 Å². The lowest BCUT2D eigenvalue weighted by molar-refractivity contribution is -0.123. The molecular formula is C17H24FN3O6S. The quantitative estimate of drug-likeness (QED) is 0.583. The van der Waals surface area contributed by atoms with Gasteiger partial charge in [-0.25, -0.2) is 22.4 Å². The Morgan fingerprint density at radius 1 is 1.14 bits per heavy atom. The number of sulfonamides is 1. The molecule has 0 radical (unpaired) electrons. The number of halogens is 1. The summed E-state index contributed by atoms with van der Waals surface area (Å²) >= 11 is 0. The summed E-state index contributed by atoms with van der Waals surface area (Å²) in [6.45, 7) is 5.06. The minimum Gasteiger partial charge on any atom is -0.452 e. The molecule has 28 heavy (non-hydrogen) atoms. The number of rotatable bonds is 9. The number of nitrogens with one attached hydrogen (secondary N) is 2. The molecule has 1 aromatic rings. The third kappa shape index (κ3) is 6.27. The van der Waals surface area contributed by atoms with Gasteiger partial charge in [-0.1, -0.05) is 20.8 Å². The molecule has 0 atom stereocenters.